The fourth-order valence-corrected chi connectivity index (χ4v) is 2.03. The zero-order chi connectivity index (χ0) is 12.4. The number of amides is 1. The summed E-state index contributed by atoms with van der Waals surface area (Å²) in [7, 11) is 1.74. The number of aryl methyl sites for hydroxylation is 2. The third-order valence-corrected chi connectivity index (χ3v) is 3.26. The summed E-state index contributed by atoms with van der Waals surface area (Å²) in [6, 6.07) is 0. The molecule has 2 rings (SSSR count). The van der Waals surface area contributed by atoms with Crippen LogP contribution in [-0.2, 0) is 7.05 Å². The molecule has 0 saturated heterocycles. The molecular formula is C12H20N4O. The van der Waals surface area contributed by atoms with Gasteiger partial charge in [0.25, 0.3) is 5.91 Å². The lowest BCUT2D eigenvalue weighted by Crippen LogP contribution is -2.27. The number of hydrogen-bond acceptors (Lipinski definition) is 3. The van der Waals surface area contributed by atoms with Crippen molar-refractivity contribution >= 4 is 11.6 Å². The van der Waals surface area contributed by atoms with Gasteiger partial charge in [-0.15, -0.1) is 0 Å². The van der Waals surface area contributed by atoms with Gasteiger partial charge in [-0.1, -0.05) is 12.8 Å². The number of nitrogens with zero attached hydrogens (tertiary/aromatic N) is 2. The van der Waals surface area contributed by atoms with Crippen molar-refractivity contribution in [2.45, 2.75) is 32.6 Å². The summed E-state index contributed by atoms with van der Waals surface area (Å²) in [4.78, 5) is 11.9. The molecule has 0 unspecified atom stereocenters. The predicted octanol–water partition coefficient (Wildman–Crippen LogP) is 1.23. The van der Waals surface area contributed by atoms with Gasteiger partial charge in [-0.2, -0.15) is 5.10 Å². The van der Waals surface area contributed by atoms with Crippen LogP contribution < -0.4 is 11.1 Å². The minimum Gasteiger partial charge on any atom is -0.395 e. The van der Waals surface area contributed by atoms with Crippen molar-refractivity contribution in [1.29, 1.82) is 0 Å². The maximum Gasteiger partial charge on any atom is 0.271 e. The van der Waals surface area contributed by atoms with Crippen LogP contribution in [0.2, 0.25) is 0 Å². The topological polar surface area (TPSA) is 72.9 Å². The molecule has 1 aromatic heterocycles. The second-order valence-electron chi connectivity index (χ2n) is 4.81. The highest BCUT2D eigenvalue weighted by Crippen LogP contribution is 2.33. The fourth-order valence-electron chi connectivity index (χ4n) is 2.03. The lowest BCUT2D eigenvalue weighted by molar-refractivity contribution is 0.0944. The lowest BCUT2D eigenvalue weighted by atomic mass is 10.2. The van der Waals surface area contributed by atoms with Crippen molar-refractivity contribution in [3.05, 3.63) is 11.4 Å². The van der Waals surface area contributed by atoms with E-state index in [-0.39, 0.29) is 5.91 Å². The Morgan fingerprint density at radius 3 is 2.82 bits per heavy atom. The largest absolute Gasteiger partial charge is 0.395 e. The highest BCUT2D eigenvalue weighted by atomic mass is 16.2. The minimum atomic E-state index is -0.124. The molecule has 17 heavy (non-hydrogen) atoms. The quantitative estimate of drug-likeness (QED) is 0.755. The first-order valence-corrected chi connectivity index (χ1v) is 6.17. The van der Waals surface area contributed by atoms with E-state index in [4.69, 9.17) is 5.73 Å². The Hall–Kier alpha value is -1.52. The SMILES string of the molecule is Cc1nn(C)c(C(=O)NCCCC2CC2)c1N. The molecule has 1 heterocycles. The van der Waals surface area contributed by atoms with Crippen molar-refractivity contribution in [2.75, 3.05) is 12.3 Å². The number of hydrogen-bond donors (Lipinski definition) is 2. The van der Waals surface area contributed by atoms with Crippen LogP contribution in [0.25, 0.3) is 0 Å². The summed E-state index contributed by atoms with van der Waals surface area (Å²) in [5, 5.41) is 7.03. The first-order valence-electron chi connectivity index (χ1n) is 6.17. The van der Waals surface area contributed by atoms with Gasteiger partial charge in [0.1, 0.15) is 5.69 Å². The Labute approximate surface area is 101 Å². The van der Waals surface area contributed by atoms with Gasteiger partial charge in [-0.05, 0) is 25.7 Å². The lowest BCUT2D eigenvalue weighted by Gasteiger charge is -2.05. The van der Waals surface area contributed by atoms with Crippen molar-refractivity contribution in [1.82, 2.24) is 15.1 Å². The Morgan fingerprint density at radius 2 is 2.29 bits per heavy atom. The molecule has 1 fully saturated rings. The van der Waals surface area contributed by atoms with Crippen LogP contribution in [0.1, 0.15) is 41.9 Å². The number of aromatic nitrogens is 2. The van der Waals surface area contributed by atoms with E-state index in [0.29, 0.717) is 17.1 Å². The average Bonchev–Trinajstić information content (AvgIpc) is 3.04. The Morgan fingerprint density at radius 1 is 1.59 bits per heavy atom. The van der Waals surface area contributed by atoms with Gasteiger partial charge in [0.05, 0.1) is 11.4 Å². The zero-order valence-corrected chi connectivity index (χ0v) is 10.5. The second kappa shape index (κ2) is 4.77. The summed E-state index contributed by atoms with van der Waals surface area (Å²) in [6.07, 6.45) is 5.00. The van der Waals surface area contributed by atoms with E-state index in [1.807, 2.05) is 0 Å². The van der Waals surface area contributed by atoms with Crippen molar-refractivity contribution in [3.63, 3.8) is 0 Å². The van der Waals surface area contributed by atoms with Crippen LogP contribution in [0, 0.1) is 12.8 Å². The molecule has 94 valence electrons. The average molecular weight is 236 g/mol. The van der Waals surface area contributed by atoms with Crippen LogP contribution in [0.3, 0.4) is 0 Å². The van der Waals surface area contributed by atoms with Gasteiger partial charge in [0.2, 0.25) is 0 Å². The molecule has 0 spiro atoms. The smallest absolute Gasteiger partial charge is 0.271 e. The van der Waals surface area contributed by atoms with Crippen LogP contribution in [0.15, 0.2) is 0 Å². The molecule has 5 heteroatoms. The number of carbonyl (C=O) groups is 1. The molecule has 1 amide bonds. The van der Waals surface area contributed by atoms with E-state index in [0.717, 1.165) is 18.9 Å². The Bertz CT molecular complexity index is 420. The van der Waals surface area contributed by atoms with E-state index in [1.165, 1.54) is 19.3 Å². The molecule has 0 radical (unpaired) electrons. The fraction of sp³-hybridized carbons (Fsp3) is 0.667. The zero-order valence-electron chi connectivity index (χ0n) is 10.5. The number of nitrogen functional groups attached to an aromatic ring is 1. The molecule has 1 aliphatic carbocycles. The first kappa shape index (κ1) is 12.0. The summed E-state index contributed by atoms with van der Waals surface area (Å²) in [5.41, 5.74) is 7.47. The Balaban J connectivity index is 1.85. The van der Waals surface area contributed by atoms with Gasteiger partial charge in [-0.25, -0.2) is 0 Å². The third kappa shape index (κ3) is 2.78. The molecule has 0 bridgehead atoms. The van der Waals surface area contributed by atoms with E-state index in [2.05, 4.69) is 10.4 Å². The molecule has 5 nitrogen and oxygen atoms in total. The number of anilines is 1. The van der Waals surface area contributed by atoms with Gasteiger partial charge >= 0.3 is 0 Å². The van der Waals surface area contributed by atoms with E-state index < -0.39 is 0 Å². The summed E-state index contributed by atoms with van der Waals surface area (Å²) >= 11 is 0. The van der Waals surface area contributed by atoms with Crippen LogP contribution >= 0.6 is 0 Å². The standard InChI is InChI=1S/C12H20N4O/c1-8-10(13)11(16(2)15-8)12(17)14-7-3-4-9-5-6-9/h9H,3-7,13H2,1-2H3,(H,14,17). The van der Waals surface area contributed by atoms with Crippen molar-refractivity contribution in [2.24, 2.45) is 13.0 Å². The normalized spacial score (nSPS) is 14.9. The van der Waals surface area contributed by atoms with E-state index >= 15 is 0 Å². The number of nitrogens with two attached hydrogens (primary N) is 1. The van der Waals surface area contributed by atoms with Gasteiger partial charge in [0.15, 0.2) is 0 Å². The van der Waals surface area contributed by atoms with Crippen molar-refractivity contribution < 1.29 is 4.79 Å². The van der Waals surface area contributed by atoms with Crippen LogP contribution in [0.5, 0.6) is 0 Å². The highest BCUT2D eigenvalue weighted by molar-refractivity contribution is 5.97. The third-order valence-electron chi connectivity index (χ3n) is 3.26. The maximum absolute atomic E-state index is 11.9. The molecule has 0 aromatic carbocycles. The van der Waals surface area contributed by atoms with Gasteiger partial charge in [-0.3, -0.25) is 9.48 Å². The summed E-state index contributed by atoms with van der Waals surface area (Å²) in [6.45, 7) is 2.53. The Kier molecular flexibility index (Phi) is 3.36. The minimum absolute atomic E-state index is 0.124. The van der Waals surface area contributed by atoms with Crippen LogP contribution in [-0.4, -0.2) is 22.2 Å². The molecule has 0 atom stereocenters. The molecule has 0 aliphatic heterocycles. The summed E-state index contributed by atoms with van der Waals surface area (Å²) in [5.74, 6) is 0.789. The van der Waals surface area contributed by atoms with E-state index in [9.17, 15) is 4.79 Å². The molecule has 1 saturated carbocycles. The monoisotopic (exact) mass is 236 g/mol. The van der Waals surface area contributed by atoms with Crippen molar-refractivity contribution in [3.8, 4) is 0 Å². The summed E-state index contributed by atoms with van der Waals surface area (Å²) < 4.78 is 1.54. The van der Waals surface area contributed by atoms with E-state index in [1.54, 1.807) is 18.7 Å². The van der Waals surface area contributed by atoms with Gasteiger partial charge < -0.3 is 11.1 Å². The molecule has 1 aromatic rings. The maximum atomic E-state index is 11.9. The molecule has 3 N–H and O–H groups in total. The predicted molar refractivity (Wildman–Crippen MR) is 66.6 cm³/mol. The molecular weight excluding hydrogens is 216 g/mol. The van der Waals surface area contributed by atoms with Crippen LogP contribution in [0.4, 0.5) is 5.69 Å². The second-order valence-corrected chi connectivity index (χ2v) is 4.81. The molecule has 1 aliphatic rings. The first-order chi connectivity index (χ1) is 8.09. The number of carbonyl (C=O) groups excluding carboxylic acids is 1. The highest BCUT2D eigenvalue weighted by Gasteiger charge is 2.21. The number of rotatable bonds is 5. The van der Waals surface area contributed by atoms with Gasteiger partial charge in [0, 0.05) is 13.6 Å². The number of nitrogens with one attached hydrogen (secondary N) is 1.